The van der Waals surface area contributed by atoms with Crippen molar-refractivity contribution in [2.75, 3.05) is 0 Å². The lowest BCUT2D eigenvalue weighted by atomic mass is 9.93. The van der Waals surface area contributed by atoms with Crippen LogP contribution in [0.4, 0.5) is 0 Å². The highest BCUT2D eigenvalue weighted by atomic mass is 15.0. The Kier molecular flexibility index (Phi) is 3.21. The van der Waals surface area contributed by atoms with Crippen molar-refractivity contribution in [3.05, 3.63) is 72.1 Å². The zero-order valence-electron chi connectivity index (χ0n) is 15.5. The van der Waals surface area contributed by atoms with E-state index >= 15 is 0 Å². The summed E-state index contributed by atoms with van der Waals surface area (Å²) in [5.41, 5.74) is 2.90. The van der Waals surface area contributed by atoms with Gasteiger partial charge in [-0.25, -0.2) is 19.9 Å². The lowest BCUT2D eigenvalue weighted by Crippen LogP contribution is -1.96. The first-order valence-electron chi connectivity index (χ1n) is 9.28. The third kappa shape index (κ3) is 2.16. The van der Waals surface area contributed by atoms with Crippen LogP contribution in [0.2, 0.25) is 0 Å². The van der Waals surface area contributed by atoms with E-state index in [0.717, 1.165) is 32.3 Å². The summed E-state index contributed by atoms with van der Waals surface area (Å²) in [7, 11) is 0. The molecule has 6 aromatic rings. The highest BCUT2D eigenvalue weighted by Crippen LogP contribution is 2.37. The zero-order chi connectivity index (χ0) is 20.2. The molecule has 6 nitrogen and oxygen atoms in total. The Morgan fingerprint density at radius 3 is 1.63 bits per heavy atom. The molecule has 0 aliphatic rings. The molecule has 2 heterocycles. The summed E-state index contributed by atoms with van der Waals surface area (Å²) in [5.74, 6) is 0. The number of nitriles is 2. The maximum Gasteiger partial charge on any atom is 0.198 e. The minimum Gasteiger partial charge on any atom is -0.232 e. The van der Waals surface area contributed by atoms with Crippen molar-refractivity contribution in [3.8, 4) is 12.1 Å². The second-order valence-corrected chi connectivity index (χ2v) is 7.04. The van der Waals surface area contributed by atoms with Gasteiger partial charge in [0.15, 0.2) is 11.3 Å². The minimum absolute atomic E-state index is 0.312. The first kappa shape index (κ1) is 16.3. The number of aromatic nitrogens is 4. The first-order chi connectivity index (χ1) is 14.8. The fourth-order valence-corrected chi connectivity index (χ4v) is 4.04. The zero-order valence-corrected chi connectivity index (χ0v) is 15.5. The molecule has 6 heteroatoms. The summed E-state index contributed by atoms with van der Waals surface area (Å²) < 4.78 is 0. The van der Waals surface area contributed by atoms with Crippen LogP contribution in [-0.4, -0.2) is 19.9 Å². The molecule has 0 atom stereocenters. The van der Waals surface area contributed by atoms with Crippen LogP contribution < -0.4 is 0 Å². The molecule has 0 radical (unpaired) electrons. The molecule has 0 saturated carbocycles. The van der Waals surface area contributed by atoms with Gasteiger partial charge < -0.3 is 0 Å². The van der Waals surface area contributed by atoms with Gasteiger partial charge in [-0.05, 0) is 45.8 Å². The van der Waals surface area contributed by atoms with Crippen LogP contribution in [0.3, 0.4) is 0 Å². The number of nitrogens with zero attached hydrogens (tertiary/aromatic N) is 6. The highest BCUT2D eigenvalue weighted by molar-refractivity contribution is 6.26. The molecule has 136 valence electrons. The lowest BCUT2D eigenvalue weighted by molar-refractivity contribution is 1.20. The van der Waals surface area contributed by atoms with Gasteiger partial charge in [0, 0.05) is 23.2 Å². The van der Waals surface area contributed by atoms with E-state index in [2.05, 4.69) is 46.4 Å². The van der Waals surface area contributed by atoms with Crippen LogP contribution in [0.15, 0.2) is 60.9 Å². The SMILES string of the molecule is N#Cc1cc2c3cc4ccccc4cc3c3nc4nccnc4nc3c2cc1C#N. The maximum atomic E-state index is 9.56. The van der Waals surface area contributed by atoms with Gasteiger partial charge >= 0.3 is 0 Å². The molecular formula is C24H10N6. The molecule has 0 unspecified atom stereocenters. The van der Waals surface area contributed by atoms with Crippen LogP contribution in [0, 0.1) is 22.7 Å². The van der Waals surface area contributed by atoms with E-state index in [-0.39, 0.29) is 0 Å². The Balaban J connectivity index is 1.96. The van der Waals surface area contributed by atoms with E-state index in [1.807, 2.05) is 12.1 Å². The van der Waals surface area contributed by atoms with Crippen molar-refractivity contribution < 1.29 is 0 Å². The van der Waals surface area contributed by atoms with E-state index in [9.17, 15) is 10.5 Å². The topological polar surface area (TPSA) is 99.1 Å². The second-order valence-electron chi connectivity index (χ2n) is 7.04. The average molecular weight is 382 g/mol. The molecular weight excluding hydrogens is 372 g/mol. The van der Waals surface area contributed by atoms with Crippen molar-refractivity contribution in [1.82, 2.24) is 19.9 Å². The molecule has 0 aliphatic carbocycles. The van der Waals surface area contributed by atoms with Crippen LogP contribution in [0.5, 0.6) is 0 Å². The Hall–Kier alpha value is -4.68. The van der Waals surface area contributed by atoms with Gasteiger partial charge in [0.25, 0.3) is 0 Å². The summed E-state index contributed by atoms with van der Waals surface area (Å²) in [5, 5.41) is 24.8. The highest BCUT2D eigenvalue weighted by Gasteiger charge is 2.16. The monoisotopic (exact) mass is 382 g/mol. The number of benzene rings is 4. The second kappa shape index (κ2) is 5.91. The Bertz CT molecular complexity index is 1640. The summed E-state index contributed by atoms with van der Waals surface area (Å²) >= 11 is 0. The van der Waals surface area contributed by atoms with Gasteiger partial charge in [-0.2, -0.15) is 10.5 Å². The van der Waals surface area contributed by atoms with Crippen molar-refractivity contribution in [3.63, 3.8) is 0 Å². The third-order valence-corrected chi connectivity index (χ3v) is 5.40. The van der Waals surface area contributed by atoms with E-state index in [4.69, 9.17) is 9.97 Å². The molecule has 6 rings (SSSR count). The van der Waals surface area contributed by atoms with Gasteiger partial charge in [-0.15, -0.1) is 0 Å². The van der Waals surface area contributed by atoms with E-state index in [1.165, 1.54) is 0 Å². The average Bonchev–Trinajstić information content (AvgIpc) is 2.81. The van der Waals surface area contributed by atoms with E-state index < -0.39 is 0 Å². The maximum absolute atomic E-state index is 9.56. The van der Waals surface area contributed by atoms with Crippen LogP contribution in [0.25, 0.3) is 54.6 Å². The molecule has 0 aliphatic heterocycles. The fraction of sp³-hybridized carbons (Fsp3) is 0. The van der Waals surface area contributed by atoms with E-state index in [1.54, 1.807) is 24.5 Å². The molecule has 0 amide bonds. The quantitative estimate of drug-likeness (QED) is 0.277. The Morgan fingerprint density at radius 2 is 1.07 bits per heavy atom. The first-order valence-corrected chi connectivity index (χ1v) is 9.28. The minimum atomic E-state index is 0.312. The molecule has 2 aromatic heterocycles. The third-order valence-electron chi connectivity index (χ3n) is 5.40. The lowest BCUT2D eigenvalue weighted by Gasteiger charge is -2.12. The summed E-state index contributed by atoms with van der Waals surface area (Å²) in [6.07, 6.45) is 3.17. The van der Waals surface area contributed by atoms with Gasteiger partial charge in [0.05, 0.1) is 22.2 Å². The van der Waals surface area contributed by atoms with Crippen molar-refractivity contribution in [2.45, 2.75) is 0 Å². The van der Waals surface area contributed by atoms with Crippen LogP contribution in [-0.2, 0) is 0 Å². The molecule has 0 saturated heterocycles. The van der Waals surface area contributed by atoms with Gasteiger partial charge in [-0.3, -0.25) is 0 Å². The molecule has 0 bridgehead atoms. The smallest absolute Gasteiger partial charge is 0.198 e. The summed E-state index contributed by atoms with van der Waals surface area (Å²) in [6.45, 7) is 0. The number of rotatable bonds is 0. The van der Waals surface area contributed by atoms with Crippen molar-refractivity contribution in [1.29, 1.82) is 10.5 Å². The Labute approximate surface area is 169 Å². The summed E-state index contributed by atoms with van der Waals surface area (Å²) in [4.78, 5) is 18.1. The molecule has 0 N–H and O–H groups in total. The fourth-order valence-electron chi connectivity index (χ4n) is 4.04. The molecule has 30 heavy (non-hydrogen) atoms. The largest absolute Gasteiger partial charge is 0.232 e. The predicted molar refractivity (Wildman–Crippen MR) is 115 cm³/mol. The number of hydrogen-bond donors (Lipinski definition) is 0. The van der Waals surface area contributed by atoms with Crippen LogP contribution >= 0.6 is 0 Å². The van der Waals surface area contributed by atoms with Crippen LogP contribution in [0.1, 0.15) is 11.1 Å². The normalized spacial score (nSPS) is 11.3. The van der Waals surface area contributed by atoms with Gasteiger partial charge in [0.1, 0.15) is 12.1 Å². The van der Waals surface area contributed by atoms with Gasteiger partial charge in [-0.1, -0.05) is 24.3 Å². The van der Waals surface area contributed by atoms with Gasteiger partial charge in [0.2, 0.25) is 0 Å². The number of fused-ring (bicyclic) bond motifs is 8. The van der Waals surface area contributed by atoms with Crippen molar-refractivity contribution in [2.24, 2.45) is 0 Å². The number of hydrogen-bond acceptors (Lipinski definition) is 6. The molecule has 0 fully saturated rings. The summed E-state index contributed by atoms with van der Waals surface area (Å²) in [6, 6.07) is 20.0. The van der Waals surface area contributed by atoms with Crippen molar-refractivity contribution >= 4 is 54.6 Å². The standard InChI is InChI=1S/C24H10N6/c25-11-15-9-18-17-7-13-3-1-2-4-14(13)8-19(17)21-22(20(18)10-16(15)12-26)30-24-23(29-21)27-5-6-28-24/h1-10H. The molecule has 0 spiro atoms. The predicted octanol–water partition coefficient (Wildman–Crippen LogP) is 4.78. The Morgan fingerprint density at radius 1 is 0.600 bits per heavy atom. The molecule has 4 aromatic carbocycles. The van der Waals surface area contributed by atoms with E-state index in [0.29, 0.717) is 33.5 Å².